The molecule has 0 aromatic rings. The number of hydrogen-bond donors (Lipinski definition) is 0. The molecule has 0 spiro atoms. The topological polar surface area (TPSA) is 0 Å². The molecule has 0 heterocycles. The zero-order chi connectivity index (χ0) is 19.8. The molecule has 0 saturated heterocycles. The van der Waals surface area contributed by atoms with E-state index in [1.807, 2.05) is 0 Å². The predicted octanol–water partition coefficient (Wildman–Crippen LogP) is 9.35. The summed E-state index contributed by atoms with van der Waals surface area (Å²) in [4.78, 5) is 0. The monoisotopic (exact) mass is 378 g/mol. The highest BCUT2D eigenvalue weighted by Crippen LogP contribution is 2.04. The summed E-state index contributed by atoms with van der Waals surface area (Å²) in [6.45, 7) is 0. The Labute approximate surface area is 175 Å². The fourth-order valence-corrected chi connectivity index (χ4v) is 3.00. The van der Waals surface area contributed by atoms with Crippen LogP contribution in [-0.4, -0.2) is 0 Å². The van der Waals surface area contributed by atoms with Crippen molar-refractivity contribution in [2.75, 3.05) is 0 Å². The second-order valence-electron chi connectivity index (χ2n) is 7.34. The second kappa shape index (κ2) is 21.5. The van der Waals surface area contributed by atoms with Gasteiger partial charge in [-0.3, -0.25) is 0 Å². The molecule has 0 aromatic heterocycles. The minimum Gasteiger partial charge on any atom is -0.0882 e. The lowest BCUT2D eigenvalue weighted by Gasteiger charge is -1.92. The zero-order valence-corrected chi connectivity index (χ0v) is 18.0. The Morgan fingerprint density at radius 1 is 0.143 bits per heavy atom. The normalized spacial score (nSPS) is 28.0. The Kier molecular flexibility index (Phi) is 18.6. The molecule has 0 amide bonds. The van der Waals surface area contributed by atoms with E-state index in [1.54, 1.807) is 0 Å². The molecule has 0 N–H and O–H groups in total. The van der Waals surface area contributed by atoms with Crippen molar-refractivity contribution in [1.29, 1.82) is 0 Å². The summed E-state index contributed by atoms with van der Waals surface area (Å²) in [7, 11) is 0. The minimum absolute atomic E-state index is 1.17. The van der Waals surface area contributed by atoms with Crippen molar-refractivity contribution in [3.8, 4) is 0 Å². The van der Waals surface area contributed by atoms with Crippen LogP contribution in [0.25, 0.3) is 0 Å². The maximum absolute atomic E-state index is 2.33. The first kappa shape index (κ1) is 24.2. The highest BCUT2D eigenvalue weighted by molar-refractivity contribution is 4.95. The lowest BCUT2D eigenvalue weighted by molar-refractivity contribution is 0.962. The van der Waals surface area contributed by atoms with Crippen LogP contribution in [0.15, 0.2) is 85.1 Å². The molecule has 28 heavy (non-hydrogen) atoms. The van der Waals surface area contributed by atoms with E-state index in [1.165, 1.54) is 89.9 Å². The first-order chi connectivity index (χ1) is 14.0. The summed E-state index contributed by atoms with van der Waals surface area (Å²) < 4.78 is 0. The van der Waals surface area contributed by atoms with Gasteiger partial charge in [-0.15, -0.1) is 0 Å². The van der Waals surface area contributed by atoms with Crippen molar-refractivity contribution in [1.82, 2.24) is 0 Å². The molecule has 0 saturated carbocycles. The Morgan fingerprint density at radius 3 is 0.286 bits per heavy atom. The minimum atomic E-state index is 1.17. The van der Waals surface area contributed by atoms with Gasteiger partial charge >= 0.3 is 0 Å². The Morgan fingerprint density at radius 2 is 0.214 bits per heavy atom. The maximum atomic E-state index is 2.33. The van der Waals surface area contributed by atoms with Gasteiger partial charge in [0.2, 0.25) is 0 Å². The van der Waals surface area contributed by atoms with Gasteiger partial charge in [-0.1, -0.05) is 85.1 Å². The van der Waals surface area contributed by atoms with Crippen LogP contribution in [0.2, 0.25) is 0 Å². The van der Waals surface area contributed by atoms with Crippen molar-refractivity contribution in [2.45, 2.75) is 89.9 Å². The van der Waals surface area contributed by atoms with Crippen LogP contribution < -0.4 is 0 Å². The van der Waals surface area contributed by atoms with Crippen LogP contribution in [0.4, 0.5) is 0 Å². The molecule has 0 nitrogen and oxygen atoms in total. The molecule has 0 heteroatoms. The summed E-state index contributed by atoms with van der Waals surface area (Å²) in [5.41, 5.74) is 0. The molecule has 154 valence electrons. The van der Waals surface area contributed by atoms with Gasteiger partial charge in [-0.2, -0.15) is 0 Å². The largest absolute Gasteiger partial charge is 0.0882 e. The van der Waals surface area contributed by atoms with Crippen molar-refractivity contribution >= 4 is 0 Å². The molecule has 1 rings (SSSR count). The first-order valence-electron chi connectivity index (χ1n) is 11.5. The van der Waals surface area contributed by atoms with Crippen molar-refractivity contribution in [3.63, 3.8) is 0 Å². The van der Waals surface area contributed by atoms with Crippen LogP contribution >= 0.6 is 0 Å². The second-order valence-corrected chi connectivity index (χ2v) is 7.34. The SMILES string of the molecule is C1=C\CC/C=C/CC/C=C/CC/C=C/CC/C=C/CC/C=C/CC/C=C/CC/1. The fraction of sp³-hybridized carbons (Fsp3) is 0.500. The van der Waals surface area contributed by atoms with Gasteiger partial charge < -0.3 is 0 Å². The highest BCUT2D eigenvalue weighted by Gasteiger charge is 1.83. The zero-order valence-electron chi connectivity index (χ0n) is 18.0. The smallest absolute Gasteiger partial charge is 0.0316 e. The van der Waals surface area contributed by atoms with Gasteiger partial charge in [0, 0.05) is 0 Å². The first-order valence-corrected chi connectivity index (χ1v) is 11.5. The van der Waals surface area contributed by atoms with Gasteiger partial charge in [0.15, 0.2) is 0 Å². The van der Waals surface area contributed by atoms with E-state index in [2.05, 4.69) is 85.1 Å². The number of allylic oxidation sites excluding steroid dienone is 14. The van der Waals surface area contributed by atoms with Gasteiger partial charge in [-0.05, 0) is 89.9 Å². The number of hydrogen-bond acceptors (Lipinski definition) is 0. The molecule has 0 unspecified atom stereocenters. The molecule has 0 fully saturated rings. The lowest BCUT2D eigenvalue weighted by Crippen LogP contribution is -1.71. The summed E-state index contributed by atoms with van der Waals surface area (Å²) in [6.07, 6.45) is 49.0. The third-order valence-corrected chi connectivity index (χ3v) is 4.67. The third-order valence-electron chi connectivity index (χ3n) is 4.67. The summed E-state index contributed by atoms with van der Waals surface area (Å²) in [6, 6.07) is 0. The lowest BCUT2D eigenvalue weighted by atomic mass is 10.1. The molecule has 0 radical (unpaired) electrons. The predicted molar refractivity (Wildman–Crippen MR) is 129 cm³/mol. The summed E-state index contributed by atoms with van der Waals surface area (Å²) in [5.74, 6) is 0. The summed E-state index contributed by atoms with van der Waals surface area (Å²) in [5, 5.41) is 0. The Balaban J connectivity index is 2.29. The van der Waals surface area contributed by atoms with E-state index in [9.17, 15) is 0 Å². The van der Waals surface area contributed by atoms with Crippen molar-refractivity contribution in [3.05, 3.63) is 85.1 Å². The van der Waals surface area contributed by atoms with Gasteiger partial charge in [-0.25, -0.2) is 0 Å². The quantitative estimate of drug-likeness (QED) is 0.368. The Hall–Kier alpha value is -1.82. The van der Waals surface area contributed by atoms with E-state index in [0.29, 0.717) is 0 Å². The summed E-state index contributed by atoms with van der Waals surface area (Å²) >= 11 is 0. The molecule has 1 aliphatic carbocycles. The molecule has 0 aliphatic heterocycles. The van der Waals surface area contributed by atoms with Crippen molar-refractivity contribution in [2.24, 2.45) is 0 Å². The number of rotatable bonds is 0. The van der Waals surface area contributed by atoms with Crippen LogP contribution in [0, 0.1) is 0 Å². The Bertz CT molecular complexity index is 343. The van der Waals surface area contributed by atoms with E-state index >= 15 is 0 Å². The van der Waals surface area contributed by atoms with E-state index in [-0.39, 0.29) is 0 Å². The molecule has 0 atom stereocenters. The fourth-order valence-electron chi connectivity index (χ4n) is 3.00. The maximum Gasteiger partial charge on any atom is -0.0316 e. The van der Waals surface area contributed by atoms with Crippen molar-refractivity contribution < 1.29 is 0 Å². The molecular formula is C28H42. The van der Waals surface area contributed by atoms with Crippen LogP contribution in [-0.2, 0) is 0 Å². The van der Waals surface area contributed by atoms with Gasteiger partial charge in [0.25, 0.3) is 0 Å². The molecule has 0 aromatic carbocycles. The van der Waals surface area contributed by atoms with Gasteiger partial charge in [0.05, 0.1) is 0 Å². The molecular weight excluding hydrogens is 336 g/mol. The van der Waals surface area contributed by atoms with Gasteiger partial charge in [0.1, 0.15) is 0 Å². The average Bonchev–Trinajstić information content (AvgIpc) is 2.71. The van der Waals surface area contributed by atoms with E-state index in [0.717, 1.165) is 0 Å². The standard InChI is InChI=1S/C28H42/c1-2-4-6-8-10-12-14-16-18-20-22-24-26-28-27-25-23-21-19-17-15-13-11-9-7-5-3-1/h1-2,7-10,15-18,23-26H,3-6,11-14,19-22,27-28H2/b2-1-,9-7+,10-8+,17-15+,18-16+,25-23+,26-24+. The van der Waals surface area contributed by atoms with Crippen LogP contribution in [0.5, 0.6) is 0 Å². The highest BCUT2D eigenvalue weighted by atomic mass is 13.9. The molecule has 1 aliphatic rings. The molecule has 0 bridgehead atoms. The van der Waals surface area contributed by atoms with Crippen LogP contribution in [0.3, 0.4) is 0 Å². The van der Waals surface area contributed by atoms with Crippen LogP contribution in [0.1, 0.15) is 89.9 Å². The van der Waals surface area contributed by atoms with E-state index < -0.39 is 0 Å². The van der Waals surface area contributed by atoms with E-state index in [4.69, 9.17) is 0 Å². The third kappa shape index (κ3) is 19.0. The average molecular weight is 379 g/mol.